The molecule has 0 aromatic heterocycles. The minimum absolute atomic E-state index is 0.0297. The van der Waals surface area contributed by atoms with Gasteiger partial charge in [0, 0.05) is 5.69 Å². The maximum absolute atomic E-state index is 13.8. The van der Waals surface area contributed by atoms with Crippen LogP contribution >= 0.6 is 0 Å². The quantitative estimate of drug-likeness (QED) is 0.372. The molecule has 1 N–H and O–H groups in total. The van der Waals surface area contributed by atoms with Crippen molar-refractivity contribution in [2.45, 2.75) is 43.2 Å². The van der Waals surface area contributed by atoms with E-state index in [-0.39, 0.29) is 34.4 Å². The average molecular weight is 625 g/mol. The van der Waals surface area contributed by atoms with Crippen LogP contribution in [0.3, 0.4) is 0 Å². The molecule has 0 bridgehead atoms. The lowest BCUT2D eigenvalue weighted by molar-refractivity contribution is -0.254. The number of benzene rings is 3. The van der Waals surface area contributed by atoms with Gasteiger partial charge in [-0.15, -0.1) is 0 Å². The van der Waals surface area contributed by atoms with Crippen molar-refractivity contribution in [1.82, 2.24) is 5.32 Å². The minimum Gasteiger partial charge on any atom is -0.530 e. The third-order valence-electron chi connectivity index (χ3n) is 6.66. The summed E-state index contributed by atoms with van der Waals surface area (Å²) in [6, 6.07) is 15.7. The molecule has 1 atom stereocenters. The van der Waals surface area contributed by atoms with Crippen LogP contribution in [-0.4, -0.2) is 51.5 Å². The number of nitrogens with one attached hydrogen (secondary N) is 1. The van der Waals surface area contributed by atoms with Crippen LogP contribution in [0, 0.1) is 5.82 Å². The average Bonchev–Trinajstić information content (AvgIpc) is 2.94. The van der Waals surface area contributed by atoms with Crippen molar-refractivity contribution in [3.05, 3.63) is 84.2 Å². The molecule has 1 aliphatic rings. The molecule has 230 valence electrons. The number of alkyl halides is 3. The number of halogens is 4. The van der Waals surface area contributed by atoms with Crippen molar-refractivity contribution in [1.29, 1.82) is 0 Å². The second-order valence-corrected chi connectivity index (χ2v) is 11.8. The zero-order valence-corrected chi connectivity index (χ0v) is 23.6. The zero-order valence-electron chi connectivity index (χ0n) is 22.8. The normalized spacial score (nSPS) is 15.2. The first-order valence-corrected chi connectivity index (χ1v) is 14.2. The van der Waals surface area contributed by atoms with Gasteiger partial charge in [-0.3, -0.25) is 4.31 Å². The number of rotatable bonds is 8. The van der Waals surface area contributed by atoms with Gasteiger partial charge in [0.1, 0.15) is 35.9 Å². The van der Waals surface area contributed by atoms with E-state index in [1.54, 1.807) is 30.3 Å². The molecule has 2 amide bonds. The van der Waals surface area contributed by atoms with Gasteiger partial charge in [0.05, 0.1) is 23.7 Å². The van der Waals surface area contributed by atoms with Crippen LogP contribution in [0.4, 0.5) is 38.5 Å². The Morgan fingerprint density at radius 2 is 1.72 bits per heavy atom. The monoisotopic (exact) mass is 624 g/mol. The Kier molecular flexibility index (Phi) is 8.76. The molecule has 1 heterocycles. The Labute approximate surface area is 244 Å². The topological polar surface area (TPSA) is 128 Å². The third-order valence-corrected chi connectivity index (χ3v) is 8.45. The summed E-state index contributed by atoms with van der Waals surface area (Å²) >= 11 is 0. The summed E-state index contributed by atoms with van der Waals surface area (Å²) in [6.45, 7) is 0.534. The molecule has 15 heteroatoms. The summed E-state index contributed by atoms with van der Waals surface area (Å²) in [4.78, 5) is 23.8. The summed E-state index contributed by atoms with van der Waals surface area (Å²) in [6.07, 6.45) is -9.03. The summed E-state index contributed by atoms with van der Waals surface area (Å²) < 4.78 is 94.1. The van der Waals surface area contributed by atoms with E-state index in [4.69, 9.17) is 9.47 Å². The number of hydrogen-bond acceptors (Lipinski definition) is 7. The number of nitrogens with zero attached hydrogens (tertiary/aromatic N) is 2. The molecule has 0 unspecified atom stereocenters. The lowest BCUT2D eigenvalue weighted by atomic mass is 10.0. The van der Waals surface area contributed by atoms with Crippen molar-refractivity contribution in [3.63, 3.8) is 0 Å². The fraction of sp³-hybridized carbons (Fsp3) is 0.286. The van der Waals surface area contributed by atoms with Crippen molar-refractivity contribution in [2.75, 3.05) is 22.3 Å². The second kappa shape index (κ2) is 12.0. The smallest absolute Gasteiger partial charge is 0.411 e. The van der Waals surface area contributed by atoms with Crippen molar-refractivity contribution in [2.24, 2.45) is 0 Å². The highest BCUT2D eigenvalue weighted by Crippen LogP contribution is 2.43. The lowest BCUT2D eigenvalue weighted by Crippen LogP contribution is -2.60. The molecule has 4 rings (SSSR count). The Hall–Kier alpha value is -4.53. The number of alkyl carbamates (subject to hydrolysis) is 1. The van der Waals surface area contributed by atoms with Gasteiger partial charge in [-0.1, -0.05) is 30.3 Å². The molecule has 10 nitrogen and oxygen atoms in total. The van der Waals surface area contributed by atoms with E-state index in [0.29, 0.717) is 13.8 Å². The van der Waals surface area contributed by atoms with E-state index in [0.717, 1.165) is 52.3 Å². The van der Waals surface area contributed by atoms with Crippen LogP contribution in [0.1, 0.15) is 19.4 Å². The van der Waals surface area contributed by atoms with Crippen LogP contribution in [0.25, 0.3) is 0 Å². The Balaban J connectivity index is 1.66. The van der Waals surface area contributed by atoms with E-state index in [1.807, 2.05) is 0 Å². The van der Waals surface area contributed by atoms with Gasteiger partial charge in [-0.05, 0) is 61.9 Å². The van der Waals surface area contributed by atoms with Crippen molar-refractivity contribution < 1.29 is 50.1 Å². The molecule has 3 aromatic carbocycles. The predicted molar refractivity (Wildman–Crippen MR) is 144 cm³/mol. The zero-order chi connectivity index (χ0) is 31.6. The third kappa shape index (κ3) is 6.77. The fourth-order valence-corrected chi connectivity index (χ4v) is 5.76. The van der Waals surface area contributed by atoms with Gasteiger partial charge in [0.25, 0.3) is 10.0 Å². The minimum atomic E-state index is -5.02. The number of fused-ring (bicyclic) bond motifs is 1. The van der Waals surface area contributed by atoms with E-state index in [1.165, 1.54) is 0 Å². The second-order valence-electron chi connectivity index (χ2n) is 9.98. The SMILES string of the molecule is CC(C)(N(C(=O)[O-])c1ccc2c(c1)N(S(=O)(=O)c1ccc(F)cc1)C[C@H](CNC(=O)OCc1ccccc1)O2)C(F)(F)F. The number of sulfonamides is 1. The molecular formula is C28H26F4N3O7S-. The fourth-order valence-electron chi connectivity index (χ4n) is 4.26. The summed E-state index contributed by atoms with van der Waals surface area (Å²) in [7, 11) is -4.50. The number of anilines is 2. The summed E-state index contributed by atoms with van der Waals surface area (Å²) in [5.74, 6) is -0.841. The van der Waals surface area contributed by atoms with E-state index in [9.17, 15) is 40.7 Å². The molecule has 0 fully saturated rings. The van der Waals surface area contributed by atoms with E-state index in [2.05, 4.69) is 5.32 Å². The summed E-state index contributed by atoms with van der Waals surface area (Å²) in [5, 5.41) is 14.4. The first kappa shape index (κ1) is 31.4. The largest absolute Gasteiger partial charge is 0.530 e. The Bertz CT molecular complexity index is 1580. The van der Waals surface area contributed by atoms with Gasteiger partial charge in [-0.25, -0.2) is 17.6 Å². The highest BCUT2D eigenvalue weighted by Gasteiger charge is 2.52. The molecule has 3 aromatic rings. The predicted octanol–water partition coefficient (Wildman–Crippen LogP) is 4.20. The molecule has 0 aliphatic carbocycles. The van der Waals surface area contributed by atoms with Crippen LogP contribution in [0.15, 0.2) is 77.7 Å². The molecule has 43 heavy (non-hydrogen) atoms. The number of carbonyl (C=O) groups is 2. The standard InChI is InChI=1S/C28H27F4N3O7S/c1-27(2,28(30,31)32)35(26(37)38)20-10-13-24-23(14-20)34(43(39,40)22-11-8-19(29)9-12-22)16-21(42-24)15-33-25(36)41-17-18-6-4-3-5-7-18/h3-14,21H,15-17H2,1-2H3,(H,33,36)(H,37,38)/p-1/t21-/m0/s1. The molecule has 0 saturated heterocycles. The van der Waals surface area contributed by atoms with Crippen LogP contribution in [0.5, 0.6) is 5.75 Å². The molecule has 1 aliphatic heterocycles. The van der Waals surface area contributed by atoms with Crippen LogP contribution < -0.4 is 24.4 Å². The number of amides is 2. The Morgan fingerprint density at radius 1 is 1.07 bits per heavy atom. The first-order valence-electron chi connectivity index (χ1n) is 12.7. The maximum Gasteiger partial charge on any atom is 0.411 e. The highest BCUT2D eigenvalue weighted by atomic mass is 32.2. The van der Waals surface area contributed by atoms with E-state index < -0.39 is 58.1 Å². The summed E-state index contributed by atoms with van der Waals surface area (Å²) in [5.41, 5.74) is -3.05. The lowest BCUT2D eigenvalue weighted by Gasteiger charge is -2.42. The number of ether oxygens (including phenoxy) is 2. The maximum atomic E-state index is 13.8. The van der Waals surface area contributed by atoms with Crippen LogP contribution in [-0.2, 0) is 21.4 Å². The molecule has 0 spiro atoms. The number of hydrogen-bond donors (Lipinski definition) is 1. The van der Waals surface area contributed by atoms with Crippen molar-refractivity contribution in [3.8, 4) is 5.75 Å². The van der Waals surface area contributed by atoms with Crippen LogP contribution in [0.2, 0.25) is 0 Å². The van der Waals surface area contributed by atoms with Crippen molar-refractivity contribution >= 4 is 33.6 Å². The molecule has 0 saturated carbocycles. The van der Waals surface area contributed by atoms with E-state index >= 15 is 0 Å². The number of carboxylic acid groups (broad SMARTS) is 1. The molecular weight excluding hydrogens is 598 g/mol. The van der Waals surface area contributed by atoms with Gasteiger partial charge >= 0.3 is 12.3 Å². The highest BCUT2D eigenvalue weighted by molar-refractivity contribution is 7.92. The van der Waals surface area contributed by atoms with Gasteiger partial charge in [0.2, 0.25) is 0 Å². The first-order chi connectivity index (χ1) is 20.1. The molecule has 0 radical (unpaired) electrons. The van der Waals surface area contributed by atoms with Gasteiger partial charge in [0.15, 0.2) is 0 Å². The number of carbonyl (C=O) groups excluding carboxylic acids is 2. The van der Waals surface area contributed by atoms with Gasteiger partial charge < -0.3 is 29.6 Å². The Morgan fingerprint density at radius 3 is 2.33 bits per heavy atom. The van der Waals surface area contributed by atoms with Gasteiger partial charge in [-0.2, -0.15) is 13.2 Å².